The molecule has 0 saturated carbocycles. The van der Waals surface area contributed by atoms with Crippen molar-refractivity contribution < 1.29 is 4.74 Å². The largest absolute Gasteiger partial charge is 0.497 e. The quantitative estimate of drug-likeness (QED) is 0.543. The van der Waals surface area contributed by atoms with Crippen LogP contribution in [0.15, 0.2) is 41.5 Å². The molecule has 0 unspecified atom stereocenters. The van der Waals surface area contributed by atoms with E-state index in [-0.39, 0.29) is 5.56 Å². The van der Waals surface area contributed by atoms with Gasteiger partial charge >= 0.3 is 0 Å². The first-order valence-corrected chi connectivity index (χ1v) is 9.92. The van der Waals surface area contributed by atoms with Crippen molar-refractivity contribution in [2.75, 3.05) is 24.7 Å². The van der Waals surface area contributed by atoms with Gasteiger partial charge in [-0.15, -0.1) is 0 Å². The summed E-state index contributed by atoms with van der Waals surface area (Å²) >= 11 is 2.97. The van der Waals surface area contributed by atoms with Gasteiger partial charge in [0.2, 0.25) is 5.95 Å². The zero-order valence-electron chi connectivity index (χ0n) is 14.3. The number of aromatic amines is 1. The molecule has 0 aliphatic heterocycles. The second-order valence-corrected chi connectivity index (χ2v) is 7.15. The van der Waals surface area contributed by atoms with E-state index in [2.05, 4.69) is 24.0 Å². The third-order valence-corrected chi connectivity index (χ3v) is 5.11. The molecule has 0 saturated heterocycles. The van der Waals surface area contributed by atoms with Crippen LogP contribution in [0.2, 0.25) is 0 Å². The third-order valence-electron chi connectivity index (χ3n) is 3.60. The number of H-pyrrole nitrogens is 1. The highest BCUT2D eigenvalue weighted by atomic mass is 32.2. The van der Waals surface area contributed by atoms with E-state index in [0.29, 0.717) is 24.5 Å². The molecule has 3 rings (SSSR count). The van der Waals surface area contributed by atoms with Crippen molar-refractivity contribution in [1.29, 1.82) is 0 Å². The molecule has 136 valence electrons. The molecule has 0 atom stereocenters. The van der Waals surface area contributed by atoms with Gasteiger partial charge in [-0.1, -0.05) is 12.1 Å². The van der Waals surface area contributed by atoms with Crippen LogP contribution in [-0.4, -0.2) is 38.1 Å². The van der Waals surface area contributed by atoms with E-state index < -0.39 is 0 Å². The van der Waals surface area contributed by atoms with Gasteiger partial charge in [0.15, 0.2) is 0 Å². The molecule has 7 nitrogen and oxygen atoms in total. The summed E-state index contributed by atoms with van der Waals surface area (Å²) in [5.41, 5.74) is 2.49. The van der Waals surface area contributed by atoms with Crippen LogP contribution >= 0.6 is 23.5 Å². The summed E-state index contributed by atoms with van der Waals surface area (Å²) in [6, 6.07) is 7.66. The Hall–Kier alpha value is -2.39. The number of aromatic nitrogens is 4. The van der Waals surface area contributed by atoms with Gasteiger partial charge in [-0.3, -0.25) is 9.78 Å². The summed E-state index contributed by atoms with van der Waals surface area (Å²) in [7, 11) is 1.62. The fourth-order valence-electron chi connectivity index (χ4n) is 2.31. The van der Waals surface area contributed by atoms with Crippen LogP contribution in [0.4, 0.5) is 5.95 Å². The molecule has 0 amide bonds. The lowest BCUT2D eigenvalue weighted by molar-refractivity contribution is 0.414. The van der Waals surface area contributed by atoms with Crippen LogP contribution in [-0.2, 0) is 12.2 Å². The molecule has 26 heavy (non-hydrogen) atoms. The molecule has 2 heterocycles. The highest BCUT2D eigenvalue weighted by Crippen LogP contribution is 2.15. The molecule has 0 radical (unpaired) electrons. The first-order valence-electron chi connectivity index (χ1n) is 8.04. The smallest absolute Gasteiger partial charge is 0.255 e. The average molecular weight is 390 g/mol. The van der Waals surface area contributed by atoms with E-state index in [1.165, 1.54) is 11.7 Å². The van der Waals surface area contributed by atoms with Crippen molar-refractivity contribution in [2.45, 2.75) is 12.2 Å². The number of anilines is 1. The van der Waals surface area contributed by atoms with E-state index in [0.717, 1.165) is 28.5 Å². The number of nitrogens with zero attached hydrogens (tertiary/aromatic N) is 3. The minimum atomic E-state index is -0.133. The van der Waals surface area contributed by atoms with E-state index in [4.69, 9.17) is 4.74 Å². The second kappa shape index (κ2) is 9.35. The molecular weight excluding hydrogens is 370 g/mol. The van der Waals surface area contributed by atoms with Crippen LogP contribution in [0.1, 0.15) is 16.8 Å². The lowest BCUT2D eigenvalue weighted by atomic mass is 10.1. The minimum absolute atomic E-state index is 0.133. The minimum Gasteiger partial charge on any atom is -0.497 e. The number of methoxy groups -OCH3 is 1. The predicted molar refractivity (Wildman–Crippen MR) is 105 cm³/mol. The molecule has 0 spiro atoms. The average Bonchev–Trinajstić information content (AvgIpc) is 3.17. The van der Waals surface area contributed by atoms with Gasteiger partial charge in [-0.25, -0.2) is 4.98 Å². The van der Waals surface area contributed by atoms with Gasteiger partial charge in [0.05, 0.1) is 30.7 Å². The fourth-order valence-corrected chi connectivity index (χ4v) is 3.56. The van der Waals surface area contributed by atoms with Crippen molar-refractivity contribution in [3.05, 3.63) is 63.8 Å². The topological polar surface area (TPSA) is 92.8 Å². The van der Waals surface area contributed by atoms with E-state index in [9.17, 15) is 4.79 Å². The van der Waals surface area contributed by atoms with E-state index in [1.807, 2.05) is 24.3 Å². The van der Waals surface area contributed by atoms with Gasteiger partial charge < -0.3 is 10.1 Å². The molecular formula is C17H19N5O2S2. The first-order chi connectivity index (χ1) is 12.7. The summed E-state index contributed by atoms with van der Waals surface area (Å²) < 4.78 is 13.3. The van der Waals surface area contributed by atoms with Crippen molar-refractivity contribution in [1.82, 2.24) is 18.7 Å². The summed E-state index contributed by atoms with van der Waals surface area (Å²) in [4.78, 5) is 19.3. The second-order valence-electron chi connectivity index (χ2n) is 5.49. The maximum absolute atomic E-state index is 12.3. The molecule has 9 heteroatoms. The zero-order chi connectivity index (χ0) is 18.2. The van der Waals surface area contributed by atoms with Crippen LogP contribution in [0.3, 0.4) is 0 Å². The van der Waals surface area contributed by atoms with Gasteiger partial charge in [-0.05, 0) is 17.7 Å². The Morgan fingerprint density at radius 3 is 3.04 bits per heavy atom. The summed E-state index contributed by atoms with van der Waals surface area (Å²) in [6.45, 7) is 0.709. The summed E-state index contributed by atoms with van der Waals surface area (Å²) in [6.07, 6.45) is 3.91. The number of thioether (sulfide) groups is 1. The molecule has 0 aliphatic rings. The monoisotopic (exact) mass is 389 g/mol. The Balaban J connectivity index is 1.49. The molecule has 2 aromatic heterocycles. The van der Waals surface area contributed by atoms with Crippen molar-refractivity contribution >= 4 is 29.4 Å². The lowest BCUT2D eigenvalue weighted by Crippen LogP contribution is -2.18. The standard InChI is InChI=1S/C17H19N5O2S2/c1-24-15-4-2-3-12(8-15)7-13-9-19-17(21-16(13)23)18-5-6-25-11-14-10-20-26-22-14/h2-4,8-10H,5-7,11H2,1H3,(H2,18,19,21,23). The van der Waals surface area contributed by atoms with Crippen LogP contribution in [0.5, 0.6) is 5.75 Å². The van der Waals surface area contributed by atoms with Gasteiger partial charge in [0, 0.05) is 36.2 Å². The highest BCUT2D eigenvalue weighted by molar-refractivity contribution is 7.98. The number of benzene rings is 1. The number of hydrogen-bond acceptors (Lipinski definition) is 8. The third kappa shape index (κ3) is 5.30. The molecule has 0 aliphatic carbocycles. The van der Waals surface area contributed by atoms with Crippen molar-refractivity contribution in [2.24, 2.45) is 0 Å². The Morgan fingerprint density at radius 2 is 2.27 bits per heavy atom. The molecule has 0 fully saturated rings. The SMILES string of the molecule is COc1cccc(Cc2cnc(NCCSCc3cnsn3)[nH]c2=O)c1. The van der Waals surface area contributed by atoms with Gasteiger partial charge in [0.25, 0.3) is 5.56 Å². The molecule has 1 aromatic carbocycles. The maximum atomic E-state index is 12.3. The lowest BCUT2D eigenvalue weighted by Gasteiger charge is -2.07. The highest BCUT2D eigenvalue weighted by Gasteiger charge is 2.05. The number of ether oxygens (including phenoxy) is 1. The normalized spacial score (nSPS) is 10.7. The molecule has 2 N–H and O–H groups in total. The summed E-state index contributed by atoms with van der Waals surface area (Å²) in [5.74, 6) is 2.98. The van der Waals surface area contributed by atoms with Crippen LogP contribution < -0.4 is 15.6 Å². The van der Waals surface area contributed by atoms with E-state index >= 15 is 0 Å². The van der Waals surface area contributed by atoms with Crippen LogP contribution in [0, 0.1) is 0 Å². The Morgan fingerprint density at radius 1 is 1.35 bits per heavy atom. The maximum Gasteiger partial charge on any atom is 0.255 e. The summed E-state index contributed by atoms with van der Waals surface area (Å²) in [5, 5.41) is 3.13. The Kier molecular flexibility index (Phi) is 6.62. The van der Waals surface area contributed by atoms with Gasteiger partial charge in [-0.2, -0.15) is 20.5 Å². The Bertz CT molecular complexity index is 883. The number of hydrogen-bond donors (Lipinski definition) is 2. The Labute approximate surface area is 159 Å². The predicted octanol–water partition coefficient (Wildman–Crippen LogP) is 2.57. The first kappa shape index (κ1) is 18.4. The van der Waals surface area contributed by atoms with Gasteiger partial charge in [0.1, 0.15) is 5.75 Å². The van der Waals surface area contributed by atoms with Crippen molar-refractivity contribution in [3.63, 3.8) is 0 Å². The van der Waals surface area contributed by atoms with E-state index in [1.54, 1.807) is 31.3 Å². The molecule has 0 bridgehead atoms. The van der Waals surface area contributed by atoms with Crippen LogP contribution in [0.25, 0.3) is 0 Å². The molecule has 3 aromatic rings. The number of rotatable bonds is 9. The zero-order valence-corrected chi connectivity index (χ0v) is 15.9. The fraction of sp³-hybridized carbons (Fsp3) is 0.294. The number of nitrogens with one attached hydrogen (secondary N) is 2. The van der Waals surface area contributed by atoms with Crippen molar-refractivity contribution in [3.8, 4) is 5.75 Å².